The molecule has 1 N–H and O–H groups in total. The number of phenolic OH excluding ortho intramolecular Hbond substituents is 1. The van der Waals surface area contributed by atoms with E-state index in [4.69, 9.17) is 9.47 Å². The summed E-state index contributed by atoms with van der Waals surface area (Å²) in [6, 6.07) is 13.1. The average Bonchev–Trinajstić information content (AvgIpc) is 2.76. The summed E-state index contributed by atoms with van der Waals surface area (Å²) in [5, 5.41) is 10.2. The quantitative estimate of drug-likeness (QED) is 0.244. The van der Waals surface area contributed by atoms with E-state index >= 15 is 0 Å². The first-order chi connectivity index (χ1) is 14.7. The van der Waals surface area contributed by atoms with Crippen molar-refractivity contribution < 1.29 is 14.6 Å². The molecule has 2 rings (SSSR count). The molecule has 0 aliphatic rings. The van der Waals surface area contributed by atoms with Crippen LogP contribution in [0.4, 0.5) is 5.69 Å². The first kappa shape index (κ1) is 23.8. The predicted octanol–water partition coefficient (Wildman–Crippen LogP) is 7.45. The Balaban J connectivity index is 1.78. The van der Waals surface area contributed by atoms with E-state index in [-0.39, 0.29) is 5.75 Å². The standard InChI is InChI=1S/C26H37NO3/c1-3-5-7-9-11-18-29-24-16-13-23(14-17-24)27-21-22-12-15-25(20-26(22)28)30-19-10-8-6-4-2/h12-17,20-21,28H,3-11,18-19H2,1-2H3. The van der Waals surface area contributed by atoms with Crippen LogP contribution in [0.5, 0.6) is 17.2 Å². The number of nitrogens with zero attached hydrogens (tertiary/aromatic N) is 1. The molecule has 0 fully saturated rings. The van der Waals surface area contributed by atoms with Gasteiger partial charge in [-0.25, -0.2) is 0 Å². The lowest BCUT2D eigenvalue weighted by Gasteiger charge is -2.08. The van der Waals surface area contributed by atoms with Crippen molar-refractivity contribution in [2.45, 2.75) is 71.6 Å². The van der Waals surface area contributed by atoms with Crippen LogP contribution in [-0.4, -0.2) is 24.5 Å². The second kappa shape index (κ2) is 14.5. The van der Waals surface area contributed by atoms with Crippen molar-refractivity contribution in [1.29, 1.82) is 0 Å². The summed E-state index contributed by atoms with van der Waals surface area (Å²) in [5.74, 6) is 1.73. The number of phenols is 1. The average molecular weight is 412 g/mol. The maximum absolute atomic E-state index is 10.2. The van der Waals surface area contributed by atoms with E-state index in [9.17, 15) is 5.11 Å². The molecule has 0 aliphatic carbocycles. The van der Waals surface area contributed by atoms with Gasteiger partial charge in [0.2, 0.25) is 0 Å². The van der Waals surface area contributed by atoms with Gasteiger partial charge in [-0.2, -0.15) is 0 Å². The Kier molecular flexibility index (Phi) is 11.5. The van der Waals surface area contributed by atoms with Crippen molar-refractivity contribution in [3.05, 3.63) is 48.0 Å². The summed E-state index contributed by atoms with van der Waals surface area (Å²) in [4.78, 5) is 4.45. The Morgan fingerprint density at radius 3 is 1.93 bits per heavy atom. The summed E-state index contributed by atoms with van der Waals surface area (Å²) in [5.41, 5.74) is 1.49. The van der Waals surface area contributed by atoms with Crippen molar-refractivity contribution in [2.24, 2.45) is 4.99 Å². The highest BCUT2D eigenvalue weighted by atomic mass is 16.5. The lowest BCUT2D eigenvalue weighted by molar-refractivity contribution is 0.303. The molecular formula is C26H37NO3. The number of hydrogen-bond acceptors (Lipinski definition) is 4. The maximum Gasteiger partial charge on any atom is 0.128 e. The lowest BCUT2D eigenvalue weighted by atomic mass is 10.2. The number of hydrogen-bond donors (Lipinski definition) is 1. The molecule has 0 unspecified atom stereocenters. The van der Waals surface area contributed by atoms with Crippen LogP contribution in [0, 0.1) is 0 Å². The van der Waals surface area contributed by atoms with E-state index in [2.05, 4.69) is 18.8 Å². The van der Waals surface area contributed by atoms with Gasteiger partial charge in [-0.3, -0.25) is 4.99 Å². The SMILES string of the molecule is CCCCCCCOc1ccc(N=Cc2ccc(OCCCCCC)cc2O)cc1. The molecule has 0 heterocycles. The van der Waals surface area contributed by atoms with Crippen molar-refractivity contribution in [3.8, 4) is 17.2 Å². The van der Waals surface area contributed by atoms with Gasteiger partial charge in [0.05, 0.1) is 18.9 Å². The normalized spacial score (nSPS) is 11.1. The van der Waals surface area contributed by atoms with Gasteiger partial charge >= 0.3 is 0 Å². The summed E-state index contributed by atoms with van der Waals surface area (Å²) in [7, 11) is 0. The van der Waals surface area contributed by atoms with Gasteiger partial charge in [0, 0.05) is 17.8 Å². The van der Waals surface area contributed by atoms with Crippen LogP contribution < -0.4 is 9.47 Å². The molecule has 4 nitrogen and oxygen atoms in total. The highest BCUT2D eigenvalue weighted by molar-refractivity contribution is 5.85. The number of unbranched alkanes of at least 4 members (excludes halogenated alkanes) is 7. The lowest BCUT2D eigenvalue weighted by Crippen LogP contribution is -1.97. The zero-order valence-corrected chi connectivity index (χ0v) is 18.6. The fraction of sp³-hybridized carbons (Fsp3) is 0.500. The molecule has 30 heavy (non-hydrogen) atoms. The molecule has 0 bridgehead atoms. The van der Waals surface area contributed by atoms with Crippen molar-refractivity contribution in [1.82, 2.24) is 0 Å². The Hall–Kier alpha value is -2.49. The second-order valence-corrected chi connectivity index (χ2v) is 7.64. The number of ether oxygens (including phenoxy) is 2. The fourth-order valence-electron chi connectivity index (χ4n) is 3.11. The zero-order chi connectivity index (χ0) is 21.4. The number of aliphatic imine (C=N–C) groups is 1. The Labute approximate surface area is 182 Å². The van der Waals surface area contributed by atoms with E-state index < -0.39 is 0 Å². The van der Waals surface area contributed by atoms with Crippen LogP contribution in [0.3, 0.4) is 0 Å². The van der Waals surface area contributed by atoms with Gasteiger partial charge < -0.3 is 14.6 Å². The van der Waals surface area contributed by atoms with Gasteiger partial charge in [-0.15, -0.1) is 0 Å². The third-order valence-corrected chi connectivity index (χ3v) is 4.97. The van der Waals surface area contributed by atoms with Crippen LogP contribution in [-0.2, 0) is 0 Å². The van der Waals surface area contributed by atoms with E-state index in [0.29, 0.717) is 17.9 Å². The highest BCUT2D eigenvalue weighted by Gasteiger charge is 2.02. The van der Waals surface area contributed by atoms with Crippen LogP contribution in [0.25, 0.3) is 0 Å². The largest absolute Gasteiger partial charge is 0.507 e. The van der Waals surface area contributed by atoms with Crippen molar-refractivity contribution >= 4 is 11.9 Å². The van der Waals surface area contributed by atoms with Gasteiger partial charge in [0.15, 0.2) is 0 Å². The monoisotopic (exact) mass is 411 g/mol. The summed E-state index contributed by atoms with van der Waals surface area (Å²) >= 11 is 0. The highest BCUT2D eigenvalue weighted by Crippen LogP contribution is 2.24. The van der Waals surface area contributed by atoms with Gasteiger partial charge in [-0.1, -0.05) is 58.8 Å². The Morgan fingerprint density at radius 2 is 1.30 bits per heavy atom. The van der Waals surface area contributed by atoms with Crippen LogP contribution >= 0.6 is 0 Å². The summed E-state index contributed by atoms with van der Waals surface area (Å²) in [6.07, 6.45) is 12.5. The molecular weight excluding hydrogens is 374 g/mol. The first-order valence-corrected chi connectivity index (χ1v) is 11.5. The van der Waals surface area contributed by atoms with E-state index in [1.54, 1.807) is 12.3 Å². The topological polar surface area (TPSA) is 51.0 Å². The molecule has 2 aromatic carbocycles. The maximum atomic E-state index is 10.2. The molecule has 0 atom stereocenters. The number of aromatic hydroxyl groups is 1. The molecule has 0 radical (unpaired) electrons. The molecule has 0 aliphatic heterocycles. The summed E-state index contributed by atoms with van der Waals surface area (Å²) in [6.45, 7) is 5.85. The van der Waals surface area contributed by atoms with Crippen LogP contribution in [0.1, 0.15) is 77.2 Å². The van der Waals surface area contributed by atoms with Gasteiger partial charge in [0.1, 0.15) is 17.2 Å². The molecule has 164 valence electrons. The van der Waals surface area contributed by atoms with Crippen molar-refractivity contribution in [3.63, 3.8) is 0 Å². The molecule has 4 heteroatoms. The molecule has 0 spiro atoms. The minimum atomic E-state index is 0.174. The minimum absolute atomic E-state index is 0.174. The molecule has 0 saturated carbocycles. The third kappa shape index (κ3) is 9.34. The van der Waals surface area contributed by atoms with Gasteiger partial charge in [-0.05, 0) is 49.2 Å². The molecule has 0 aromatic heterocycles. The van der Waals surface area contributed by atoms with E-state index in [1.807, 2.05) is 36.4 Å². The number of benzene rings is 2. The smallest absolute Gasteiger partial charge is 0.128 e. The second-order valence-electron chi connectivity index (χ2n) is 7.64. The Bertz CT molecular complexity index is 740. The fourth-order valence-corrected chi connectivity index (χ4v) is 3.11. The van der Waals surface area contributed by atoms with Gasteiger partial charge in [0.25, 0.3) is 0 Å². The molecule has 0 amide bonds. The van der Waals surface area contributed by atoms with E-state index in [0.717, 1.165) is 30.9 Å². The van der Waals surface area contributed by atoms with E-state index in [1.165, 1.54) is 44.9 Å². The van der Waals surface area contributed by atoms with Crippen molar-refractivity contribution in [2.75, 3.05) is 13.2 Å². The third-order valence-electron chi connectivity index (χ3n) is 4.97. The molecule has 2 aromatic rings. The summed E-state index contributed by atoms with van der Waals surface area (Å²) < 4.78 is 11.5. The molecule has 0 saturated heterocycles. The van der Waals surface area contributed by atoms with Crippen LogP contribution in [0.2, 0.25) is 0 Å². The predicted molar refractivity (Wildman–Crippen MR) is 126 cm³/mol. The first-order valence-electron chi connectivity index (χ1n) is 11.5. The minimum Gasteiger partial charge on any atom is -0.507 e. The zero-order valence-electron chi connectivity index (χ0n) is 18.6. The van der Waals surface area contributed by atoms with Crippen LogP contribution in [0.15, 0.2) is 47.5 Å². The number of rotatable bonds is 15. The Morgan fingerprint density at radius 1 is 0.733 bits per heavy atom.